The summed E-state index contributed by atoms with van der Waals surface area (Å²) >= 11 is 0. The summed E-state index contributed by atoms with van der Waals surface area (Å²) in [5.41, 5.74) is 0. The summed E-state index contributed by atoms with van der Waals surface area (Å²) in [6.07, 6.45) is 5.42. The van der Waals surface area contributed by atoms with Gasteiger partial charge in [-0.15, -0.1) is 0 Å². The van der Waals surface area contributed by atoms with Gasteiger partial charge >= 0.3 is 0 Å². The first-order valence-electron chi connectivity index (χ1n) is 10.3. The number of hydrogen-bond acceptors (Lipinski definition) is 5. The molecule has 0 atom stereocenters. The smallest absolute Gasteiger partial charge is 0.0110 e. The van der Waals surface area contributed by atoms with E-state index in [9.17, 15) is 0 Å². The molecule has 5 heteroatoms. The van der Waals surface area contributed by atoms with Crippen molar-refractivity contribution in [3.8, 4) is 0 Å². The Balaban J connectivity index is 3.98. The van der Waals surface area contributed by atoms with Crippen LogP contribution in [0.2, 0.25) is 0 Å². The fraction of sp³-hybridized carbons (Fsp3) is 1.00. The molecule has 0 aliphatic carbocycles. The number of rotatable bonds is 19. The van der Waals surface area contributed by atoms with Gasteiger partial charge in [-0.25, -0.2) is 0 Å². The Morgan fingerprint density at radius 3 is 2.00 bits per heavy atom. The molecule has 0 saturated heterocycles. The van der Waals surface area contributed by atoms with Crippen LogP contribution in [0.3, 0.4) is 0 Å². The molecule has 0 aromatic carbocycles. The lowest BCUT2D eigenvalue weighted by Gasteiger charge is -2.27. The zero-order chi connectivity index (χ0) is 17.9. The van der Waals surface area contributed by atoms with Gasteiger partial charge < -0.3 is 25.8 Å². The van der Waals surface area contributed by atoms with Crippen LogP contribution in [0.1, 0.15) is 46.5 Å². The monoisotopic (exact) mass is 343 g/mol. The Morgan fingerprint density at radius 1 is 0.625 bits per heavy atom. The SMILES string of the molecule is CCCCCCN(CCNCC)CCN(CC)CCNCCNC. The van der Waals surface area contributed by atoms with Gasteiger partial charge in [0.2, 0.25) is 0 Å². The lowest BCUT2D eigenvalue weighted by Crippen LogP contribution is -2.41. The van der Waals surface area contributed by atoms with Gasteiger partial charge in [0.05, 0.1) is 0 Å². The fourth-order valence-electron chi connectivity index (χ4n) is 2.80. The summed E-state index contributed by atoms with van der Waals surface area (Å²) < 4.78 is 0. The molecule has 0 bridgehead atoms. The van der Waals surface area contributed by atoms with Gasteiger partial charge in [0.15, 0.2) is 0 Å². The van der Waals surface area contributed by atoms with E-state index in [0.717, 1.165) is 45.8 Å². The Hall–Kier alpha value is -0.200. The van der Waals surface area contributed by atoms with Gasteiger partial charge in [-0.1, -0.05) is 40.0 Å². The van der Waals surface area contributed by atoms with E-state index in [1.54, 1.807) is 0 Å². The zero-order valence-electron chi connectivity index (χ0n) is 17.0. The molecule has 0 rings (SSSR count). The first-order valence-corrected chi connectivity index (χ1v) is 10.3. The van der Waals surface area contributed by atoms with Crippen LogP contribution in [0, 0.1) is 0 Å². The van der Waals surface area contributed by atoms with Crippen molar-refractivity contribution in [1.29, 1.82) is 0 Å². The predicted octanol–water partition coefficient (Wildman–Crippen LogP) is 1.61. The maximum Gasteiger partial charge on any atom is 0.0110 e. The topological polar surface area (TPSA) is 42.6 Å². The average Bonchev–Trinajstić information content (AvgIpc) is 2.60. The molecule has 146 valence electrons. The van der Waals surface area contributed by atoms with Crippen molar-refractivity contribution in [2.24, 2.45) is 0 Å². The molecule has 0 saturated carbocycles. The summed E-state index contributed by atoms with van der Waals surface area (Å²) in [6, 6.07) is 0. The highest BCUT2D eigenvalue weighted by molar-refractivity contribution is 4.65. The zero-order valence-corrected chi connectivity index (χ0v) is 17.0. The Bertz CT molecular complexity index is 238. The number of likely N-dealkylation sites (N-methyl/N-ethyl adjacent to an activating group) is 3. The van der Waals surface area contributed by atoms with Crippen molar-refractivity contribution in [3.05, 3.63) is 0 Å². The second-order valence-corrected chi connectivity index (χ2v) is 6.54. The van der Waals surface area contributed by atoms with E-state index in [-0.39, 0.29) is 0 Å². The van der Waals surface area contributed by atoms with Crippen LogP contribution in [0.25, 0.3) is 0 Å². The van der Waals surface area contributed by atoms with E-state index in [1.807, 2.05) is 7.05 Å². The Kier molecular flexibility index (Phi) is 19.0. The van der Waals surface area contributed by atoms with Crippen LogP contribution in [-0.2, 0) is 0 Å². The molecule has 0 spiro atoms. The quantitative estimate of drug-likeness (QED) is 0.311. The molecule has 0 aromatic heterocycles. The van der Waals surface area contributed by atoms with Crippen molar-refractivity contribution < 1.29 is 0 Å². The van der Waals surface area contributed by atoms with Crippen LogP contribution >= 0.6 is 0 Å². The van der Waals surface area contributed by atoms with Gasteiger partial charge in [0.1, 0.15) is 0 Å². The molecular formula is C19H45N5. The van der Waals surface area contributed by atoms with Gasteiger partial charge in [0.25, 0.3) is 0 Å². The minimum absolute atomic E-state index is 1.04. The van der Waals surface area contributed by atoms with Crippen molar-refractivity contribution in [2.75, 3.05) is 79.0 Å². The highest BCUT2D eigenvalue weighted by Crippen LogP contribution is 2.02. The lowest BCUT2D eigenvalue weighted by molar-refractivity contribution is 0.206. The Morgan fingerprint density at radius 2 is 1.33 bits per heavy atom. The maximum atomic E-state index is 3.50. The third kappa shape index (κ3) is 15.3. The van der Waals surface area contributed by atoms with E-state index < -0.39 is 0 Å². The average molecular weight is 344 g/mol. The summed E-state index contributed by atoms with van der Waals surface area (Å²) in [4.78, 5) is 5.22. The van der Waals surface area contributed by atoms with Crippen molar-refractivity contribution in [3.63, 3.8) is 0 Å². The van der Waals surface area contributed by atoms with Crippen LogP contribution in [0.15, 0.2) is 0 Å². The first-order chi connectivity index (χ1) is 11.8. The minimum Gasteiger partial charge on any atom is -0.318 e. The molecule has 0 radical (unpaired) electrons. The molecule has 0 heterocycles. The van der Waals surface area contributed by atoms with E-state index >= 15 is 0 Å². The number of nitrogens with one attached hydrogen (secondary N) is 3. The highest BCUT2D eigenvalue weighted by Gasteiger charge is 2.08. The van der Waals surface area contributed by atoms with Crippen molar-refractivity contribution in [1.82, 2.24) is 25.8 Å². The van der Waals surface area contributed by atoms with Gasteiger partial charge in [-0.05, 0) is 33.1 Å². The van der Waals surface area contributed by atoms with Crippen LogP contribution in [0.4, 0.5) is 0 Å². The van der Waals surface area contributed by atoms with Crippen LogP contribution in [0.5, 0.6) is 0 Å². The third-order valence-electron chi connectivity index (χ3n) is 4.52. The largest absolute Gasteiger partial charge is 0.318 e. The van der Waals surface area contributed by atoms with Gasteiger partial charge in [-0.3, -0.25) is 0 Å². The first kappa shape index (κ1) is 23.8. The lowest BCUT2D eigenvalue weighted by atomic mass is 10.2. The van der Waals surface area contributed by atoms with E-state index in [1.165, 1.54) is 51.9 Å². The van der Waals surface area contributed by atoms with Crippen LogP contribution < -0.4 is 16.0 Å². The van der Waals surface area contributed by atoms with Gasteiger partial charge in [-0.2, -0.15) is 0 Å². The van der Waals surface area contributed by atoms with Crippen LogP contribution in [-0.4, -0.2) is 88.8 Å². The molecule has 0 amide bonds. The standard InChI is InChI=1S/C19H45N5/c1-5-8-9-10-15-24(17-13-21-6-2)19-18-23(7-3)16-14-22-12-11-20-4/h20-22H,5-19H2,1-4H3. The number of unbranched alkanes of at least 4 members (excludes halogenated alkanes) is 3. The molecule has 24 heavy (non-hydrogen) atoms. The molecule has 0 fully saturated rings. The fourth-order valence-corrected chi connectivity index (χ4v) is 2.80. The predicted molar refractivity (Wildman–Crippen MR) is 108 cm³/mol. The summed E-state index contributed by atoms with van der Waals surface area (Å²) in [5.74, 6) is 0. The molecule has 0 aliphatic heterocycles. The Labute approximate surface area is 151 Å². The summed E-state index contributed by atoms with van der Waals surface area (Å²) in [6.45, 7) is 19.2. The summed E-state index contributed by atoms with van der Waals surface area (Å²) in [5, 5.41) is 10.1. The van der Waals surface area contributed by atoms with E-state index in [4.69, 9.17) is 0 Å². The second kappa shape index (κ2) is 19.1. The maximum absolute atomic E-state index is 3.50. The molecular weight excluding hydrogens is 298 g/mol. The second-order valence-electron chi connectivity index (χ2n) is 6.54. The minimum atomic E-state index is 1.04. The molecule has 0 aliphatic rings. The molecule has 3 N–H and O–H groups in total. The van der Waals surface area contributed by atoms with E-state index in [0.29, 0.717) is 0 Å². The van der Waals surface area contributed by atoms with Crippen molar-refractivity contribution >= 4 is 0 Å². The van der Waals surface area contributed by atoms with Crippen molar-refractivity contribution in [2.45, 2.75) is 46.5 Å². The number of hydrogen-bond donors (Lipinski definition) is 3. The van der Waals surface area contributed by atoms with Gasteiger partial charge in [0, 0.05) is 52.4 Å². The highest BCUT2D eigenvalue weighted by atomic mass is 15.2. The normalized spacial score (nSPS) is 11.8. The molecule has 0 unspecified atom stereocenters. The molecule has 5 nitrogen and oxygen atoms in total. The number of nitrogens with zero attached hydrogens (tertiary/aromatic N) is 2. The third-order valence-corrected chi connectivity index (χ3v) is 4.52. The molecule has 0 aromatic rings. The van der Waals surface area contributed by atoms with E-state index in [2.05, 4.69) is 46.5 Å². The summed E-state index contributed by atoms with van der Waals surface area (Å²) in [7, 11) is 2.00.